The standard InChI is InChI=1S/C19H21N3O2S/c1-14-12-21-17(23)9-11-22(14)19(24)16-7-5-15(6-8-16)13-25-18-4-2-3-10-20-18/h2-8,10,14H,9,11-13H2,1H3,(H,21,23). The highest BCUT2D eigenvalue weighted by molar-refractivity contribution is 7.98. The monoisotopic (exact) mass is 355 g/mol. The Morgan fingerprint density at radius 1 is 1.28 bits per heavy atom. The number of benzene rings is 1. The molecule has 1 aliphatic heterocycles. The Morgan fingerprint density at radius 2 is 2.08 bits per heavy atom. The second-order valence-electron chi connectivity index (χ2n) is 6.06. The van der Waals surface area contributed by atoms with Crippen LogP contribution in [0, 0.1) is 0 Å². The van der Waals surface area contributed by atoms with Crippen LogP contribution in [0.25, 0.3) is 0 Å². The van der Waals surface area contributed by atoms with Crippen molar-refractivity contribution in [3.05, 3.63) is 59.8 Å². The molecule has 2 aromatic rings. The largest absolute Gasteiger partial charge is 0.354 e. The zero-order valence-corrected chi connectivity index (χ0v) is 15.0. The fourth-order valence-electron chi connectivity index (χ4n) is 2.70. The van der Waals surface area contributed by atoms with Crippen LogP contribution in [-0.4, -0.2) is 40.8 Å². The molecular weight excluding hydrogens is 334 g/mol. The Balaban J connectivity index is 1.63. The molecule has 1 atom stereocenters. The first-order valence-corrected chi connectivity index (χ1v) is 9.32. The Hall–Kier alpha value is -2.34. The third-order valence-corrected chi connectivity index (χ3v) is 5.21. The fourth-order valence-corrected chi connectivity index (χ4v) is 3.52. The summed E-state index contributed by atoms with van der Waals surface area (Å²) < 4.78 is 0. The van der Waals surface area contributed by atoms with E-state index in [1.807, 2.05) is 49.4 Å². The van der Waals surface area contributed by atoms with Gasteiger partial charge in [0.25, 0.3) is 5.91 Å². The maximum absolute atomic E-state index is 12.7. The Kier molecular flexibility index (Phi) is 5.71. The Labute approximate surface area is 151 Å². The van der Waals surface area contributed by atoms with Crippen molar-refractivity contribution in [1.82, 2.24) is 15.2 Å². The van der Waals surface area contributed by atoms with E-state index in [2.05, 4.69) is 10.3 Å². The zero-order valence-electron chi connectivity index (χ0n) is 14.1. The van der Waals surface area contributed by atoms with Crippen molar-refractivity contribution < 1.29 is 9.59 Å². The molecule has 2 amide bonds. The van der Waals surface area contributed by atoms with Crippen LogP contribution in [0.1, 0.15) is 29.3 Å². The van der Waals surface area contributed by atoms with Gasteiger partial charge in [-0.2, -0.15) is 0 Å². The number of rotatable bonds is 4. The lowest BCUT2D eigenvalue weighted by atomic mass is 10.1. The van der Waals surface area contributed by atoms with E-state index in [1.54, 1.807) is 22.9 Å². The molecule has 1 aromatic carbocycles. The van der Waals surface area contributed by atoms with E-state index in [4.69, 9.17) is 0 Å². The van der Waals surface area contributed by atoms with Crippen molar-refractivity contribution in [1.29, 1.82) is 0 Å². The summed E-state index contributed by atoms with van der Waals surface area (Å²) in [6, 6.07) is 13.5. The van der Waals surface area contributed by atoms with Gasteiger partial charge in [-0.1, -0.05) is 18.2 Å². The number of nitrogens with zero attached hydrogens (tertiary/aromatic N) is 2. The number of amides is 2. The average molecular weight is 355 g/mol. The van der Waals surface area contributed by atoms with E-state index >= 15 is 0 Å². The summed E-state index contributed by atoms with van der Waals surface area (Å²) in [6.07, 6.45) is 2.14. The molecule has 6 heteroatoms. The van der Waals surface area contributed by atoms with Crippen molar-refractivity contribution in [2.24, 2.45) is 0 Å². The summed E-state index contributed by atoms with van der Waals surface area (Å²) in [5, 5.41) is 3.81. The number of thioether (sulfide) groups is 1. The Bertz CT molecular complexity index is 734. The second kappa shape index (κ2) is 8.16. The van der Waals surface area contributed by atoms with Crippen molar-refractivity contribution in [3.63, 3.8) is 0 Å². The predicted octanol–water partition coefficient (Wildman–Crippen LogP) is 2.72. The first-order valence-electron chi connectivity index (χ1n) is 8.34. The highest BCUT2D eigenvalue weighted by Gasteiger charge is 2.25. The quantitative estimate of drug-likeness (QED) is 0.857. The molecule has 130 valence electrons. The molecule has 0 radical (unpaired) electrons. The maximum Gasteiger partial charge on any atom is 0.254 e. The van der Waals surface area contributed by atoms with E-state index in [-0.39, 0.29) is 17.9 Å². The van der Waals surface area contributed by atoms with Crippen LogP contribution in [0.3, 0.4) is 0 Å². The molecule has 1 unspecified atom stereocenters. The van der Waals surface area contributed by atoms with Crippen molar-refractivity contribution in [2.45, 2.75) is 30.2 Å². The number of pyridine rings is 1. The van der Waals surface area contributed by atoms with Gasteiger partial charge >= 0.3 is 0 Å². The highest BCUT2D eigenvalue weighted by Crippen LogP contribution is 2.21. The van der Waals surface area contributed by atoms with Crippen LogP contribution >= 0.6 is 11.8 Å². The number of carbonyl (C=O) groups excluding carboxylic acids is 2. The highest BCUT2D eigenvalue weighted by atomic mass is 32.2. The molecular formula is C19H21N3O2S. The normalized spacial score (nSPS) is 17.7. The van der Waals surface area contributed by atoms with Crippen LogP contribution in [0.2, 0.25) is 0 Å². The van der Waals surface area contributed by atoms with E-state index in [1.165, 1.54) is 0 Å². The van der Waals surface area contributed by atoms with Gasteiger partial charge < -0.3 is 10.2 Å². The Morgan fingerprint density at radius 3 is 2.80 bits per heavy atom. The maximum atomic E-state index is 12.7. The summed E-state index contributed by atoms with van der Waals surface area (Å²) in [4.78, 5) is 30.3. The summed E-state index contributed by atoms with van der Waals surface area (Å²) >= 11 is 1.67. The zero-order chi connectivity index (χ0) is 17.6. The van der Waals surface area contributed by atoms with Crippen LogP contribution in [-0.2, 0) is 10.5 Å². The van der Waals surface area contributed by atoms with Gasteiger partial charge in [0.1, 0.15) is 0 Å². The smallest absolute Gasteiger partial charge is 0.254 e. The van der Waals surface area contributed by atoms with Crippen molar-refractivity contribution >= 4 is 23.6 Å². The molecule has 1 fully saturated rings. The van der Waals surface area contributed by atoms with Gasteiger partial charge in [-0.3, -0.25) is 9.59 Å². The molecule has 2 heterocycles. The minimum absolute atomic E-state index is 0.00154. The summed E-state index contributed by atoms with van der Waals surface area (Å²) in [5.74, 6) is 0.793. The van der Waals surface area contributed by atoms with Gasteiger partial charge in [-0.15, -0.1) is 11.8 Å². The molecule has 1 aliphatic rings. The summed E-state index contributed by atoms with van der Waals surface area (Å²) in [5.41, 5.74) is 1.81. The minimum Gasteiger partial charge on any atom is -0.354 e. The molecule has 1 N–H and O–H groups in total. The fraction of sp³-hybridized carbons (Fsp3) is 0.316. The van der Waals surface area contributed by atoms with Crippen LogP contribution in [0.15, 0.2) is 53.7 Å². The summed E-state index contributed by atoms with van der Waals surface area (Å²) in [7, 11) is 0. The summed E-state index contributed by atoms with van der Waals surface area (Å²) in [6.45, 7) is 2.92. The van der Waals surface area contributed by atoms with Gasteiger partial charge in [0.15, 0.2) is 0 Å². The van der Waals surface area contributed by atoms with Gasteiger partial charge in [0.2, 0.25) is 5.91 Å². The predicted molar refractivity (Wildman–Crippen MR) is 98.4 cm³/mol. The van der Waals surface area contributed by atoms with Gasteiger partial charge in [0, 0.05) is 43.1 Å². The first kappa shape index (κ1) is 17.5. The van der Waals surface area contributed by atoms with E-state index < -0.39 is 0 Å². The van der Waals surface area contributed by atoms with Gasteiger partial charge in [0.05, 0.1) is 5.03 Å². The third-order valence-electron chi connectivity index (χ3n) is 4.19. The van der Waals surface area contributed by atoms with Crippen LogP contribution in [0.4, 0.5) is 0 Å². The SMILES string of the molecule is CC1CNC(=O)CCN1C(=O)c1ccc(CSc2ccccn2)cc1. The van der Waals surface area contributed by atoms with Gasteiger partial charge in [-0.25, -0.2) is 4.98 Å². The third kappa shape index (κ3) is 4.60. The molecule has 0 bridgehead atoms. The molecule has 3 rings (SSSR count). The molecule has 25 heavy (non-hydrogen) atoms. The van der Waals surface area contributed by atoms with Crippen molar-refractivity contribution in [2.75, 3.05) is 13.1 Å². The van der Waals surface area contributed by atoms with E-state index in [0.717, 1.165) is 16.3 Å². The molecule has 5 nitrogen and oxygen atoms in total. The topological polar surface area (TPSA) is 62.3 Å². The number of nitrogens with one attached hydrogen (secondary N) is 1. The molecule has 0 spiro atoms. The number of hydrogen-bond acceptors (Lipinski definition) is 4. The van der Waals surface area contributed by atoms with Gasteiger partial charge in [-0.05, 0) is 36.8 Å². The molecule has 0 saturated carbocycles. The van der Waals surface area contributed by atoms with E-state index in [0.29, 0.717) is 25.1 Å². The minimum atomic E-state index is -0.0204. The average Bonchev–Trinajstić information content (AvgIpc) is 2.82. The number of aromatic nitrogens is 1. The molecule has 0 aliphatic carbocycles. The lowest BCUT2D eigenvalue weighted by Crippen LogP contribution is -2.41. The second-order valence-corrected chi connectivity index (χ2v) is 7.05. The number of hydrogen-bond donors (Lipinski definition) is 1. The number of carbonyl (C=O) groups is 2. The van der Waals surface area contributed by atoms with E-state index in [9.17, 15) is 9.59 Å². The lowest BCUT2D eigenvalue weighted by Gasteiger charge is -2.26. The van der Waals surface area contributed by atoms with Crippen LogP contribution < -0.4 is 5.32 Å². The molecule has 1 saturated heterocycles. The molecule has 1 aromatic heterocycles. The van der Waals surface area contributed by atoms with Crippen molar-refractivity contribution in [3.8, 4) is 0 Å². The first-order chi connectivity index (χ1) is 12.1. The lowest BCUT2D eigenvalue weighted by molar-refractivity contribution is -0.120. The van der Waals surface area contributed by atoms with Crippen LogP contribution in [0.5, 0.6) is 0 Å².